The molecule has 1 aromatic heterocycles. The highest BCUT2D eigenvalue weighted by atomic mass is 79.9. The van der Waals surface area contributed by atoms with Gasteiger partial charge in [0, 0.05) is 22.2 Å². The molecule has 0 saturated heterocycles. The van der Waals surface area contributed by atoms with Gasteiger partial charge in [-0.15, -0.1) is 0 Å². The Labute approximate surface area is 115 Å². The van der Waals surface area contributed by atoms with Crippen LogP contribution in [0, 0.1) is 5.92 Å². The molecule has 3 rings (SSSR count). The van der Waals surface area contributed by atoms with Gasteiger partial charge in [-0.05, 0) is 23.6 Å². The maximum atomic E-state index is 6.14. The first kappa shape index (κ1) is 11.9. The highest BCUT2D eigenvalue weighted by molar-refractivity contribution is 9.10. The maximum Gasteiger partial charge on any atom is 0.124 e. The molecule has 1 unspecified atom stereocenters. The lowest BCUT2D eigenvalue weighted by atomic mass is 10.1. The van der Waals surface area contributed by atoms with Gasteiger partial charge in [-0.1, -0.05) is 35.8 Å². The fraction of sp³-hybridized carbons (Fsp3) is 0.357. The van der Waals surface area contributed by atoms with Crippen LogP contribution in [0.15, 0.2) is 22.7 Å². The van der Waals surface area contributed by atoms with Crippen LogP contribution >= 0.6 is 15.9 Å². The third kappa shape index (κ3) is 1.80. The van der Waals surface area contributed by atoms with Crippen LogP contribution < -0.4 is 5.73 Å². The molecule has 1 aliphatic carbocycles. The molecule has 3 N–H and O–H groups in total. The molecule has 0 radical (unpaired) electrons. The predicted octanol–water partition coefficient (Wildman–Crippen LogP) is 3.40. The molecule has 0 aliphatic heterocycles. The number of imidazole rings is 1. The number of nitrogens with zero attached hydrogens (tertiary/aromatic N) is 1. The molecule has 3 nitrogen and oxygen atoms in total. The molecule has 1 aliphatic rings. The van der Waals surface area contributed by atoms with Crippen molar-refractivity contribution in [1.82, 2.24) is 9.97 Å². The second-order valence-electron chi connectivity index (χ2n) is 5.20. The van der Waals surface area contributed by atoms with Gasteiger partial charge < -0.3 is 10.7 Å². The summed E-state index contributed by atoms with van der Waals surface area (Å²) in [5.41, 5.74) is 11.0. The smallest absolute Gasteiger partial charge is 0.124 e. The van der Waals surface area contributed by atoms with Crippen molar-refractivity contribution >= 4 is 15.9 Å². The minimum atomic E-state index is -0.0190. The van der Waals surface area contributed by atoms with E-state index in [9.17, 15) is 0 Å². The monoisotopic (exact) mass is 305 g/mol. The lowest BCUT2D eigenvalue weighted by Crippen LogP contribution is -2.18. The Balaban J connectivity index is 2.03. The normalized spacial score (nSPS) is 14.7. The number of fused-ring (bicyclic) bond motifs is 3. The van der Waals surface area contributed by atoms with Gasteiger partial charge in [0.25, 0.3) is 0 Å². The largest absolute Gasteiger partial charge is 0.344 e. The number of benzene rings is 1. The van der Waals surface area contributed by atoms with Gasteiger partial charge in [0.15, 0.2) is 0 Å². The molecular formula is C14H16BrN3. The molecule has 2 aromatic rings. The summed E-state index contributed by atoms with van der Waals surface area (Å²) < 4.78 is 1.12. The van der Waals surface area contributed by atoms with Crippen molar-refractivity contribution in [1.29, 1.82) is 0 Å². The first-order valence-electron chi connectivity index (χ1n) is 6.19. The van der Waals surface area contributed by atoms with E-state index in [2.05, 4.69) is 57.9 Å². The van der Waals surface area contributed by atoms with Crippen molar-refractivity contribution < 1.29 is 0 Å². The first-order valence-corrected chi connectivity index (χ1v) is 6.98. The van der Waals surface area contributed by atoms with Gasteiger partial charge in [-0.3, -0.25) is 0 Å². The minimum Gasteiger partial charge on any atom is -0.344 e. The Hall–Kier alpha value is -1.13. The zero-order valence-electron chi connectivity index (χ0n) is 10.5. The first-order chi connectivity index (χ1) is 8.56. The molecule has 0 spiro atoms. The van der Waals surface area contributed by atoms with E-state index in [1.54, 1.807) is 0 Å². The Kier molecular flexibility index (Phi) is 2.79. The van der Waals surface area contributed by atoms with Crippen LogP contribution in [0.2, 0.25) is 0 Å². The van der Waals surface area contributed by atoms with E-state index in [4.69, 9.17) is 5.73 Å². The van der Waals surface area contributed by atoms with Crippen LogP contribution in [-0.2, 0) is 6.42 Å². The quantitative estimate of drug-likeness (QED) is 0.762. The van der Waals surface area contributed by atoms with Crippen molar-refractivity contribution in [3.63, 3.8) is 0 Å². The summed E-state index contributed by atoms with van der Waals surface area (Å²) in [4.78, 5) is 8.08. The third-order valence-corrected chi connectivity index (χ3v) is 4.01. The molecule has 1 aromatic carbocycles. The molecule has 18 heavy (non-hydrogen) atoms. The van der Waals surface area contributed by atoms with Gasteiger partial charge >= 0.3 is 0 Å². The number of H-pyrrole nitrogens is 1. The SMILES string of the molecule is CC(C)C(N)c1nc2c([nH]1)Cc1cc(Br)ccc1-2. The second kappa shape index (κ2) is 4.21. The summed E-state index contributed by atoms with van der Waals surface area (Å²) in [6.45, 7) is 4.23. The summed E-state index contributed by atoms with van der Waals surface area (Å²) in [7, 11) is 0. The van der Waals surface area contributed by atoms with Gasteiger partial charge in [0.05, 0.1) is 11.7 Å². The van der Waals surface area contributed by atoms with Gasteiger partial charge in [-0.2, -0.15) is 0 Å². The van der Waals surface area contributed by atoms with Crippen molar-refractivity contribution in [3.05, 3.63) is 39.8 Å². The van der Waals surface area contributed by atoms with E-state index in [1.165, 1.54) is 16.8 Å². The van der Waals surface area contributed by atoms with E-state index in [0.29, 0.717) is 5.92 Å². The van der Waals surface area contributed by atoms with Crippen LogP contribution in [0.4, 0.5) is 0 Å². The van der Waals surface area contributed by atoms with Crippen LogP contribution in [-0.4, -0.2) is 9.97 Å². The van der Waals surface area contributed by atoms with E-state index >= 15 is 0 Å². The Morgan fingerprint density at radius 3 is 2.89 bits per heavy atom. The van der Waals surface area contributed by atoms with Crippen LogP contribution in [0.25, 0.3) is 11.3 Å². The lowest BCUT2D eigenvalue weighted by Gasteiger charge is -2.12. The molecule has 94 valence electrons. The fourth-order valence-corrected chi connectivity index (χ4v) is 2.79. The standard InChI is InChI=1S/C14H16BrN3/c1-7(2)12(16)14-17-11-6-8-5-9(15)3-4-10(8)13(11)18-14/h3-5,7,12H,6,16H2,1-2H3,(H,17,18). The van der Waals surface area contributed by atoms with Crippen LogP contribution in [0.5, 0.6) is 0 Å². The fourth-order valence-electron chi connectivity index (χ4n) is 2.38. The molecule has 4 heteroatoms. The highest BCUT2D eigenvalue weighted by Crippen LogP contribution is 2.37. The Bertz CT molecular complexity index is 601. The van der Waals surface area contributed by atoms with Gasteiger partial charge in [-0.25, -0.2) is 4.98 Å². The number of halogens is 1. The van der Waals surface area contributed by atoms with Gasteiger partial charge in [0.1, 0.15) is 5.82 Å². The van der Waals surface area contributed by atoms with E-state index in [0.717, 1.165) is 22.4 Å². The van der Waals surface area contributed by atoms with E-state index in [-0.39, 0.29) is 6.04 Å². The van der Waals surface area contributed by atoms with Crippen molar-refractivity contribution in [3.8, 4) is 11.3 Å². The molecule has 0 saturated carbocycles. The number of hydrogen-bond donors (Lipinski definition) is 2. The molecule has 0 fully saturated rings. The highest BCUT2D eigenvalue weighted by Gasteiger charge is 2.25. The summed E-state index contributed by atoms with van der Waals surface area (Å²) in [6, 6.07) is 6.32. The van der Waals surface area contributed by atoms with Crippen LogP contribution in [0.3, 0.4) is 0 Å². The third-order valence-electron chi connectivity index (χ3n) is 3.52. The van der Waals surface area contributed by atoms with Crippen LogP contribution in [0.1, 0.15) is 37.0 Å². The maximum absolute atomic E-state index is 6.14. The number of hydrogen-bond acceptors (Lipinski definition) is 2. The number of aromatic amines is 1. The number of aromatic nitrogens is 2. The summed E-state index contributed by atoms with van der Waals surface area (Å²) in [6.07, 6.45) is 0.919. The molecule has 0 bridgehead atoms. The van der Waals surface area contributed by atoms with Crippen molar-refractivity contribution in [2.24, 2.45) is 11.7 Å². The number of rotatable bonds is 2. The second-order valence-corrected chi connectivity index (χ2v) is 6.11. The molecule has 1 heterocycles. The zero-order valence-corrected chi connectivity index (χ0v) is 12.1. The number of nitrogens with one attached hydrogen (secondary N) is 1. The minimum absolute atomic E-state index is 0.0190. The molecule has 0 amide bonds. The summed E-state index contributed by atoms with van der Waals surface area (Å²) in [5, 5.41) is 0. The average molecular weight is 306 g/mol. The topological polar surface area (TPSA) is 54.7 Å². The summed E-state index contributed by atoms with van der Waals surface area (Å²) >= 11 is 3.50. The average Bonchev–Trinajstić information content (AvgIpc) is 2.84. The Morgan fingerprint density at radius 1 is 1.39 bits per heavy atom. The van der Waals surface area contributed by atoms with Crippen molar-refractivity contribution in [2.45, 2.75) is 26.3 Å². The zero-order chi connectivity index (χ0) is 12.9. The number of nitrogens with two attached hydrogens (primary N) is 1. The van der Waals surface area contributed by atoms with Crippen molar-refractivity contribution in [2.75, 3.05) is 0 Å². The summed E-state index contributed by atoms with van der Waals surface area (Å²) in [5.74, 6) is 1.30. The van der Waals surface area contributed by atoms with E-state index < -0.39 is 0 Å². The lowest BCUT2D eigenvalue weighted by molar-refractivity contribution is 0.493. The predicted molar refractivity (Wildman–Crippen MR) is 76.3 cm³/mol. The van der Waals surface area contributed by atoms with E-state index in [1.807, 2.05) is 0 Å². The molecular weight excluding hydrogens is 290 g/mol. The van der Waals surface area contributed by atoms with Gasteiger partial charge in [0.2, 0.25) is 0 Å². The Morgan fingerprint density at radius 2 is 2.17 bits per heavy atom. The molecule has 1 atom stereocenters.